The molecule has 4 heteroatoms. The van der Waals surface area contributed by atoms with Crippen LogP contribution in [0.4, 0.5) is 5.69 Å². The van der Waals surface area contributed by atoms with Crippen LogP contribution >= 0.6 is 0 Å². The van der Waals surface area contributed by atoms with E-state index in [0.29, 0.717) is 23.6 Å². The minimum absolute atomic E-state index is 0.00342. The Bertz CT molecular complexity index is 792. The molecular weight excluding hydrogens is 324 g/mol. The van der Waals surface area contributed by atoms with E-state index in [4.69, 9.17) is 0 Å². The topological polar surface area (TPSA) is 49.4 Å². The summed E-state index contributed by atoms with van der Waals surface area (Å²) in [5.74, 6) is 0.568. The number of anilines is 1. The van der Waals surface area contributed by atoms with Crippen molar-refractivity contribution in [3.8, 4) is 0 Å². The normalized spacial score (nSPS) is 14.9. The number of carbonyl (C=O) groups is 2. The summed E-state index contributed by atoms with van der Waals surface area (Å²) in [7, 11) is 0. The number of carbonyl (C=O) groups excluding carboxylic acids is 2. The van der Waals surface area contributed by atoms with Crippen LogP contribution in [0.5, 0.6) is 0 Å². The maximum atomic E-state index is 12.9. The van der Waals surface area contributed by atoms with Gasteiger partial charge >= 0.3 is 0 Å². The quantitative estimate of drug-likeness (QED) is 0.904. The van der Waals surface area contributed by atoms with Crippen LogP contribution in [0.15, 0.2) is 48.5 Å². The second-order valence-electron chi connectivity index (χ2n) is 7.17. The molecule has 3 rings (SSSR count). The molecule has 0 aliphatic carbocycles. The second kappa shape index (κ2) is 8.17. The zero-order valence-electron chi connectivity index (χ0n) is 15.5. The number of piperidine rings is 1. The minimum Gasteiger partial charge on any atom is -0.339 e. The molecule has 4 nitrogen and oxygen atoms in total. The van der Waals surface area contributed by atoms with Crippen molar-refractivity contribution in [3.63, 3.8) is 0 Å². The molecule has 0 radical (unpaired) electrons. The van der Waals surface area contributed by atoms with Crippen molar-refractivity contribution in [2.75, 3.05) is 18.4 Å². The number of nitrogens with one attached hydrogen (secondary N) is 1. The largest absolute Gasteiger partial charge is 0.339 e. The fourth-order valence-electron chi connectivity index (χ4n) is 3.34. The maximum Gasteiger partial charge on any atom is 0.255 e. The highest BCUT2D eigenvalue weighted by atomic mass is 16.2. The van der Waals surface area contributed by atoms with E-state index in [0.717, 1.165) is 37.1 Å². The van der Waals surface area contributed by atoms with Crippen molar-refractivity contribution in [2.24, 2.45) is 5.92 Å². The van der Waals surface area contributed by atoms with Crippen molar-refractivity contribution >= 4 is 17.5 Å². The van der Waals surface area contributed by atoms with Gasteiger partial charge in [-0.3, -0.25) is 9.59 Å². The Balaban J connectivity index is 1.72. The molecule has 1 aliphatic heterocycles. The van der Waals surface area contributed by atoms with Crippen LogP contribution in [0.3, 0.4) is 0 Å². The summed E-state index contributed by atoms with van der Waals surface area (Å²) < 4.78 is 0. The number of benzene rings is 2. The molecule has 2 aromatic rings. The molecule has 0 aromatic heterocycles. The Labute approximate surface area is 155 Å². The van der Waals surface area contributed by atoms with Crippen molar-refractivity contribution in [1.82, 2.24) is 4.90 Å². The lowest BCUT2D eigenvalue weighted by Crippen LogP contribution is -2.38. The molecule has 0 spiro atoms. The van der Waals surface area contributed by atoms with Gasteiger partial charge in [-0.1, -0.05) is 43.3 Å². The van der Waals surface area contributed by atoms with Gasteiger partial charge < -0.3 is 10.2 Å². The fourth-order valence-corrected chi connectivity index (χ4v) is 3.34. The Morgan fingerprint density at radius 1 is 1.04 bits per heavy atom. The Hall–Kier alpha value is -2.62. The molecule has 0 unspecified atom stereocenters. The summed E-state index contributed by atoms with van der Waals surface area (Å²) in [5.41, 5.74) is 3.25. The fraction of sp³-hybridized carbons (Fsp3) is 0.364. The lowest BCUT2D eigenvalue weighted by atomic mass is 9.98. The highest BCUT2D eigenvalue weighted by Crippen LogP contribution is 2.22. The van der Waals surface area contributed by atoms with Gasteiger partial charge in [0.2, 0.25) is 5.91 Å². The van der Waals surface area contributed by atoms with E-state index in [2.05, 4.69) is 12.2 Å². The van der Waals surface area contributed by atoms with Crippen LogP contribution in [0.1, 0.15) is 41.3 Å². The van der Waals surface area contributed by atoms with E-state index in [-0.39, 0.29) is 11.8 Å². The summed E-state index contributed by atoms with van der Waals surface area (Å²) in [6.07, 6.45) is 2.37. The summed E-state index contributed by atoms with van der Waals surface area (Å²) in [5, 5.41) is 2.93. The van der Waals surface area contributed by atoms with E-state index < -0.39 is 0 Å². The van der Waals surface area contributed by atoms with E-state index in [1.54, 1.807) is 12.1 Å². The third-order valence-corrected chi connectivity index (χ3v) is 5.11. The molecular formula is C22H26N2O2. The van der Waals surface area contributed by atoms with Crippen molar-refractivity contribution in [2.45, 2.75) is 33.1 Å². The molecule has 2 amide bonds. The monoisotopic (exact) mass is 350 g/mol. The van der Waals surface area contributed by atoms with Crippen LogP contribution in [0.25, 0.3) is 0 Å². The highest BCUT2D eigenvalue weighted by Gasteiger charge is 2.23. The number of aryl methyl sites for hydroxylation is 1. The average Bonchev–Trinajstić information content (AvgIpc) is 2.64. The van der Waals surface area contributed by atoms with E-state index in [1.807, 2.05) is 48.2 Å². The van der Waals surface area contributed by atoms with Gasteiger partial charge in [-0.15, -0.1) is 0 Å². The van der Waals surface area contributed by atoms with Crippen LogP contribution in [-0.2, 0) is 11.2 Å². The number of hydrogen-bond donors (Lipinski definition) is 1. The maximum absolute atomic E-state index is 12.9. The molecule has 0 saturated carbocycles. The molecule has 1 saturated heterocycles. The molecule has 1 fully saturated rings. The van der Waals surface area contributed by atoms with Crippen LogP contribution < -0.4 is 5.32 Å². The number of likely N-dealkylation sites (tertiary alicyclic amines) is 1. The van der Waals surface area contributed by atoms with Gasteiger partial charge in [-0.05, 0) is 48.9 Å². The first kappa shape index (κ1) is 18.2. The predicted molar refractivity (Wildman–Crippen MR) is 104 cm³/mol. The third kappa shape index (κ3) is 4.31. The molecule has 1 heterocycles. The number of rotatable bonds is 4. The molecule has 136 valence electrons. The van der Waals surface area contributed by atoms with Crippen LogP contribution in [-0.4, -0.2) is 29.8 Å². The predicted octanol–water partition coefficient (Wildman–Crippen LogP) is 4.05. The van der Waals surface area contributed by atoms with Gasteiger partial charge in [0.15, 0.2) is 0 Å². The van der Waals surface area contributed by atoms with Crippen LogP contribution in [0.2, 0.25) is 0 Å². The first-order valence-corrected chi connectivity index (χ1v) is 9.27. The number of para-hydroxylation sites is 1. The standard InChI is InChI=1S/C22H26N2O2/c1-16-11-13-24(14-12-16)22(26)19-9-5-6-10-20(19)23-21(25)15-18-8-4-3-7-17(18)2/h3-10,16H,11-15H2,1-2H3,(H,23,25). The lowest BCUT2D eigenvalue weighted by Gasteiger charge is -2.30. The number of amides is 2. The Morgan fingerprint density at radius 2 is 1.69 bits per heavy atom. The van der Waals surface area contributed by atoms with E-state index >= 15 is 0 Å². The van der Waals surface area contributed by atoms with Gasteiger partial charge in [0.1, 0.15) is 0 Å². The minimum atomic E-state index is -0.105. The molecule has 1 N–H and O–H groups in total. The van der Waals surface area contributed by atoms with Gasteiger partial charge in [-0.2, -0.15) is 0 Å². The summed E-state index contributed by atoms with van der Waals surface area (Å²) in [6.45, 7) is 5.79. The summed E-state index contributed by atoms with van der Waals surface area (Å²) in [6, 6.07) is 15.1. The molecule has 1 aliphatic rings. The van der Waals surface area contributed by atoms with Crippen LogP contribution in [0, 0.1) is 12.8 Å². The molecule has 2 aromatic carbocycles. The van der Waals surface area contributed by atoms with Crippen molar-refractivity contribution in [3.05, 3.63) is 65.2 Å². The zero-order valence-corrected chi connectivity index (χ0v) is 15.5. The summed E-state index contributed by atoms with van der Waals surface area (Å²) in [4.78, 5) is 27.3. The summed E-state index contributed by atoms with van der Waals surface area (Å²) >= 11 is 0. The Morgan fingerprint density at radius 3 is 2.42 bits per heavy atom. The van der Waals surface area contributed by atoms with Crippen molar-refractivity contribution in [1.29, 1.82) is 0 Å². The average molecular weight is 350 g/mol. The third-order valence-electron chi connectivity index (χ3n) is 5.11. The smallest absolute Gasteiger partial charge is 0.255 e. The first-order valence-electron chi connectivity index (χ1n) is 9.27. The number of hydrogen-bond acceptors (Lipinski definition) is 2. The highest BCUT2D eigenvalue weighted by molar-refractivity contribution is 6.04. The second-order valence-corrected chi connectivity index (χ2v) is 7.17. The zero-order chi connectivity index (χ0) is 18.5. The molecule has 26 heavy (non-hydrogen) atoms. The van der Waals surface area contributed by atoms with E-state index in [1.165, 1.54) is 0 Å². The molecule has 0 atom stereocenters. The van der Waals surface area contributed by atoms with Gasteiger partial charge in [-0.25, -0.2) is 0 Å². The van der Waals surface area contributed by atoms with Gasteiger partial charge in [0.05, 0.1) is 17.7 Å². The Kier molecular flexibility index (Phi) is 5.71. The number of nitrogens with zero attached hydrogens (tertiary/aromatic N) is 1. The van der Waals surface area contributed by atoms with Crippen molar-refractivity contribution < 1.29 is 9.59 Å². The lowest BCUT2D eigenvalue weighted by molar-refractivity contribution is -0.115. The SMILES string of the molecule is Cc1ccccc1CC(=O)Nc1ccccc1C(=O)N1CCC(C)CC1. The van der Waals surface area contributed by atoms with Gasteiger partial charge in [0, 0.05) is 13.1 Å². The van der Waals surface area contributed by atoms with Gasteiger partial charge in [0.25, 0.3) is 5.91 Å². The molecule has 0 bridgehead atoms. The van der Waals surface area contributed by atoms with E-state index in [9.17, 15) is 9.59 Å². The first-order chi connectivity index (χ1) is 12.5.